The van der Waals surface area contributed by atoms with Crippen molar-refractivity contribution in [2.75, 3.05) is 20.2 Å². The van der Waals surface area contributed by atoms with Gasteiger partial charge in [0.1, 0.15) is 0 Å². The van der Waals surface area contributed by atoms with Crippen molar-refractivity contribution >= 4 is 23.7 Å². The van der Waals surface area contributed by atoms with E-state index >= 15 is 0 Å². The zero-order valence-corrected chi connectivity index (χ0v) is 19.5. The van der Waals surface area contributed by atoms with Gasteiger partial charge in [-0.1, -0.05) is 24.3 Å². The first-order valence-corrected chi connectivity index (χ1v) is 11.5. The molecule has 2 aliphatic rings. The number of ether oxygens (including phenoxy) is 1. The van der Waals surface area contributed by atoms with Crippen molar-refractivity contribution in [2.24, 2.45) is 5.92 Å². The number of amides is 3. The molecule has 2 fully saturated rings. The number of carbonyl (C=O) groups excluding carboxylic acids is 4. The van der Waals surface area contributed by atoms with Crippen molar-refractivity contribution in [1.29, 1.82) is 0 Å². The maximum atomic E-state index is 13.9. The number of hydrogen-bond donors (Lipinski definition) is 0. The maximum absolute atomic E-state index is 13.9. The number of carbonyl (C=O) groups is 4. The number of methoxy groups -OCH3 is 1. The molecule has 0 saturated carbocycles. The Balaban J connectivity index is 1.60. The average Bonchev–Trinajstić information content (AvgIpc) is 3.09. The molecule has 2 saturated heterocycles. The van der Waals surface area contributed by atoms with Gasteiger partial charge in [0.05, 0.1) is 25.0 Å². The molecule has 3 heterocycles. The number of aromatic nitrogens is 1. The molecule has 0 N–H and O–H groups in total. The van der Waals surface area contributed by atoms with Crippen molar-refractivity contribution in [1.82, 2.24) is 14.8 Å². The van der Waals surface area contributed by atoms with Crippen LogP contribution in [0.15, 0.2) is 48.8 Å². The highest BCUT2D eigenvalue weighted by Crippen LogP contribution is 2.42. The van der Waals surface area contributed by atoms with E-state index in [-0.39, 0.29) is 49.0 Å². The van der Waals surface area contributed by atoms with Gasteiger partial charge < -0.3 is 9.64 Å². The highest BCUT2D eigenvalue weighted by molar-refractivity contribution is 6.10. The van der Waals surface area contributed by atoms with Crippen LogP contribution in [0.2, 0.25) is 0 Å². The molecular weight excluding hydrogens is 434 g/mol. The summed E-state index contributed by atoms with van der Waals surface area (Å²) in [6, 6.07) is 11.0. The Morgan fingerprint density at radius 1 is 1.09 bits per heavy atom. The summed E-state index contributed by atoms with van der Waals surface area (Å²) >= 11 is 0. The molecule has 2 aromatic rings. The monoisotopic (exact) mass is 463 g/mol. The minimum absolute atomic E-state index is 0.0495. The second-order valence-electron chi connectivity index (χ2n) is 9.07. The van der Waals surface area contributed by atoms with Gasteiger partial charge in [-0.2, -0.15) is 0 Å². The van der Waals surface area contributed by atoms with Gasteiger partial charge in [-0.05, 0) is 48.6 Å². The van der Waals surface area contributed by atoms with Crippen molar-refractivity contribution in [3.63, 3.8) is 0 Å². The summed E-state index contributed by atoms with van der Waals surface area (Å²) in [5, 5.41) is 0. The minimum Gasteiger partial charge on any atom is -0.469 e. The van der Waals surface area contributed by atoms with Crippen LogP contribution in [0.3, 0.4) is 0 Å². The minimum atomic E-state index is -1.24. The Bertz CT molecular complexity index is 1090. The maximum Gasteiger partial charge on any atom is 0.308 e. The molecule has 0 radical (unpaired) electrons. The van der Waals surface area contributed by atoms with Crippen LogP contribution in [0.5, 0.6) is 0 Å². The average molecular weight is 464 g/mol. The molecule has 178 valence electrons. The lowest BCUT2D eigenvalue weighted by Crippen LogP contribution is -2.46. The summed E-state index contributed by atoms with van der Waals surface area (Å²) in [5.41, 5.74) is 1.13. The van der Waals surface area contributed by atoms with Crippen LogP contribution in [0.1, 0.15) is 42.4 Å². The van der Waals surface area contributed by atoms with Gasteiger partial charge in [0, 0.05) is 38.3 Å². The van der Waals surface area contributed by atoms with Gasteiger partial charge in [0.2, 0.25) is 17.7 Å². The first kappa shape index (κ1) is 23.6. The number of piperidine rings is 1. The van der Waals surface area contributed by atoms with E-state index in [0.717, 1.165) is 11.1 Å². The first-order chi connectivity index (χ1) is 16.4. The van der Waals surface area contributed by atoms with Crippen LogP contribution in [0.4, 0.5) is 0 Å². The van der Waals surface area contributed by atoms with E-state index in [2.05, 4.69) is 4.98 Å². The van der Waals surface area contributed by atoms with E-state index in [1.165, 1.54) is 12.0 Å². The largest absolute Gasteiger partial charge is 0.469 e. The Kier molecular flexibility index (Phi) is 6.77. The molecule has 2 aliphatic heterocycles. The van der Waals surface area contributed by atoms with Crippen LogP contribution in [-0.2, 0) is 35.9 Å². The van der Waals surface area contributed by atoms with E-state index < -0.39 is 5.41 Å². The molecule has 3 amide bonds. The SMILES string of the molecule is COC(=O)C1CCN(C(=O)C[C@@]2(c3ccccc3C)CC(=O)N(Cc3ccncc3)C2=O)CC1. The Morgan fingerprint density at radius 2 is 1.76 bits per heavy atom. The number of nitrogens with zero attached hydrogens (tertiary/aromatic N) is 3. The molecule has 0 spiro atoms. The van der Waals surface area contributed by atoms with E-state index in [0.29, 0.717) is 31.5 Å². The van der Waals surface area contributed by atoms with Gasteiger partial charge >= 0.3 is 5.97 Å². The summed E-state index contributed by atoms with van der Waals surface area (Å²) in [5.74, 6) is -1.29. The van der Waals surface area contributed by atoms with Gasteiger partial charge in [-0.25, -0.2) is 0 Å². The molecule has 1 aromatic carbocycles. The van der Waals surface area contributed by atoms with Gasteiger partial charge in [0.25, 0.3) is 0 Å². The zero-order valence-electron chi connectivity index (χ0n) is 19.5. The van der Waals surface area contributed by atoms with Crippen molar-refractivity contribution in [3.05, 3.63) is 65.5 Å². The second kappa shape index (κ2) is 9.75. The van der Waals surface area contributed by atoms with Crippen LogP contribution in [-0.4, -0.2) is 58.7 Å². The van der Waals surface area contributed by atoms with Crippen molar-refractivity contribution in [2.45, 2.75) is 44.6 Å². The second-order valence-corrected chi connectivity index (χ2v) is 9.07. The van der Waals surface area contributed by atoms with Crippen LogP contribution >= 0.6 is 0 Å². The Hall–Kier alpha value is -3.55. The molecule has 0 bridgehead atoms. The molecule has 8 heteroatoms. The van der Waals surface area contributed by atoms with Gasteiger partial charge in [-0.15, -0.1) is 0 Å². The topological polar surface area (TPSA) is 96.9 Å². The predicted molar refractivity (Wildman–Crippen MR) is 123 cm³/mol. The van der Waals surface area contributed by atoms with E-state index in [4.69, 9.17) is 4.74 Å². The lowest BCUT2D eigenvalue weighted by molar-refractivity contribution is -0.149. The standard InChI is InChI=1S/C26H29N3O5/c1-18-5-3-4-6-21(18)26(15-22(30)28-13-9-20(10-14-28)24(32)34-2)16-23(31)29(25(26)33)17-19-7-11-27-12-8-19/h3-8,11-12,20H,9-10,13-17H2,1-2H3/t26-/m0/s1. The van der Waals surface area contributed by atoms with Crippen molar-refractivity contribution in [3.8, 4) is 0 Å². The lowest BCUT2D eigenvalue weighted by Gasteiger charge is -2.34. The smallest absolute Gasteiger partial charge is 0.308 e. The highest BCUT2D eigenvalue weighted by Gasteiger charge is 2.54. The summed E-state index contributed by atoms with van der Waals surface area (Å²) in [7, 11) is 1.37. The normalized spacial score (nSPS) is 21.1. The van der Waals surface area contributed by atoms with E-state index in [1.54, 1.807) is 29.4 Å². The van der Waals surface area contributed by atoms with Crippen LogP contribution in [0.25, 0.3) is 0 Å². The number of benzene rings is 1. The first-order valence-electron chi connectivity index (χ1n) is 11.5. The number of imide groups is 1. The van der Waals surface area contributed by atoms with Crippen LogP contribution < -0.4 is 0 Å². The summed E-state index contributed by atoms with van der Waals surface area (Å²) in [6.07, 6.45) is 4.16. The van der Waals surface area contributed by atoms with E-state index in [1.807, 2.05) is 31.2 Å². The molecule has 8 nitrogen and oxygen atoms in total. The molecule has 1 aromatic heterocycles. The highest BCUT2D eigenvalue weighted by atomic mass is 16.5. The number of esters is 1. The summed E-state index contributed by atoms with van der Waals surface area (Å²) < 4.78 is 4.83. The predicted octanol–water partition coefficient (Wildman–Crippen LogP) is 2.39. The zero-order chi connectivity index (χ0) is 24.3. The number of rotatable bonds is 6. The molecule has 1 atom stereocenters. The fraction of sp³-hybridized carbons (Fsp3) is 0.423. The van der Waals surface area contributed by atoms with Gasteiger partial charge in [0.15, 0.2) is 0 Å². The Labute approximate surface area is 198 Å². The molecule has 0 unspecified atom stereocenters. The third kappa shape index (κ3) is 4.44. The summed E-state index contributed by atoms with van der Waals surface area (Å²) in [6.45, 7) is 2.88. The number of pyridine rings is 1. The molecule has 34 heavy (non-hydrogen) atoms. The fourth-order valence-corrected chi connectivity index (χ4v) is 5.09. The van der Waals surface area contributed by atoms with Crippen molar-refractivity contribution < 1.29 is 23.9 Å². The molecular formula is C26H29N3O5. The quantitative estimate of drug-likeness (QED) is 0.482. The third-order valence-corrected chi connectivity index (χ3v) is 6.99. The van der Waals surface area contributed by atoms with Crippen LogP contribution in [0, 0.1) is 12.8 Å². The van der Waals surface area contributed by atoms with E-state index in [9.17, 15) is 19.2 Å². The Morgan fingerprint density at radius 3 is 2.41 bits per heavy atom. The fourth-order valence-electron chi connectivity index (χ4n) is 5.09. The third-order valence-electron chi connectivity index (χ3n) is 6.99. The lowest BCUT2D eigenvalue weighted by atomic mass is 9.73. The number of aryl methyl sites for hydroxylation is 1. The molecule has 0 aliphatic carbocycles. The summed E-state index contributed by atoms with van der Waals surface area (Å²) in [4.78, 5) is 59.2. The number of hydrogen-bond acceptors (Lipinski definition) is 6. The molecule has 4 rings (SSSR count). The van der Waals surface area contributed by atoms with Gasteiger partial charge in [-0.3, -0.25) is 29.1 Å². The number of likely N-dealkylation sites (tertiary alicyclic amines) is 2.